The number of carbonyl (C=O) groups is 4. The van der Waals surface area contributed by atoms with Gasteiger partial charge in [0, 0.05) is 25.7 Å². The molecule has 1 N–H and O–H groups in total. The predicted molar refractivity (Wildman–Crippen MR) is 114 cm³/mol. The van der Waals surface area contributed by atoms with Gasteiger partial charge in [0.05, 0.1) is 18.4 Å². The van der Waals surface area contributed by atoms with E-state index in [-0.39, 0.29) is 55.0 Å². The van der Waals surface area contributed by atoms with Gasteiger partial charge in [0.25, 0.3) is 0 Å². The number of rotatable bonds is 6. The fourth-order valence-electron chi connectivity index (χ4n) is 4.71. The van der Waals surface area contributed by atoms with Gasteiger partial charge in [-0.2, -0.15) is 0 Å². The zero-order chi connectivity index (χ0) is 22.0. The van der Waals surface area contributed by atoms with E-state index < -0.39 is 0 Å². The molecule has 30 heavy (non-hydrogen) atoms. The van der Waals surface area contributed by atoms with Gasteiger partial charge in [0.15, 0.2) is 0 Å². The van der Waals surface area contributed by atoms with E-state index in [2.05, 4.69) is 5.32 Å². The fourth-order valence-corrected chi connectivity index (χ4v) is 4.71. The van der Waals surface area contributed by atoms with Crippen LogP contribution in [0.25, 0.3) is 0 Å². The van der Waals surface area contributed by atoms with Gasteiger partial charge in [0.2, 0.25) is 23.6 Å². The van der Waals surface area contributed by atoms with Crippen molar-refractivity contribution in [2.24, 2.45) is 11.8 Å². The fraction of sp³-hybridized carbons (Fsp3) is 0.565. The van der Waals surface area contributed by atoms with Crippen molar-refractivity contribution in [1.29, 1.82) is 0 Å². The third-order valence-corrected chi connectivity index (χ3v) is 6.23. The molecule has 1 aromatic carbocycles. The van der Waals surface area contributed by atoms with Crippen LogP contribution >= 0.6 is 0 Å². The molecule has 0 spiro atoms. The number of hydrogen-bond acceptors (Lipinski definition) is 4. The second-order valence-corrected chi connectivity index (χ2v) is 8.65. The Morgan fingerprint density at radius 2 is 1.57 bits per heavy atom. The zero-order valence-corrected chi connectivity index (χ0v) is 18.3. The van der Waals surface area contributed by atoms with Crippen LogP contribution in [0.15, 0.2) is 12.1 Å². The number of likely N-dealkylation sites (N-methyl/N-ethyl adjacent to an activating group) is 1. The van der Waals surface area contributed by atoms with E-state index >= 15 is 0 Å². The van der Waals surface area contributed by atoms with Crippen LogP contribution in [0.5, 0.6) is 0 Å². The minimum Gasteiger partial charge on any atom is -0.336 e. The second-order valence-electron chi connectivity index (χ2n) is 8.65. The number of benzene rings is 1. The molecule has 7 nitrogen and oxygen atoms in total. The summed E-state index contributed by atoms with van der Waals surface area (Å²) in [5.74, 6) is -1.22. The molecule has 3 rings (SSSR count). The molecule has 2 aliphatic rings. The molecular weight excluding hydrogens is 382 g/mol. The van der Waals surface area contributed by atoms with Crippen molar-refractivity contribution >= 4 is 29.3 Å². The molecule has 1 saturated carbocycles. The number of amides is 4. The Kier molecular flexibility index (Phi) is 6.58. The molecule has 1 aromatic rings. The van der Waals surface area contributed by atoms with Crippen molar-refractivity contribution in [2.75, 3.05) is 25.5 Å². The zero-order valence-electron chi connectivity index (χ0n) is 18.3. The third kappa shape index (κ3) is 4.55. The van der Waals surface area contributed by atoms with Crippen molar-refractivity contribution in [3.63, 3.8) is 0 Å². The van der Waals surface area contributed by atoms with Gasteiger partial charge < -0.3 is 10.2 Å². The Labute approximate surface area is 177 Å². The van der Waals surface area contributed by atoms with E-state index in [1.54, 1.807) is 7.05 Å². The molecule has 7 heteroatoms. The summed E-state index contributed by atoms with van der Waals surface area (Å²) < 4.78 is 0. The number of anilines is 1. The third-order valence-electron chi connectivity index (χ3n) is 6.23. The topological polar surface area (TPSA) is 86.8 Å². The highest BCUT2D eigenvalue weighted by Crippen LogP contribution is 2.38. The van der Waals surface area contributed by atoms with Crippen LogP contribution in [0.1, 0.15) is 48.8 Å². The molecule has 1 aliphatic heterocycles. The summed E-state index contributed by atoms with van der Waals surface area (Å²) in [5.41, 5.74) is 3.84. The van der Waals surface area contributed by atoms with Gasteiger partial charge in [-0.25, -0.2) is 0 Å². The first kappa shape index (κ1) is 22.0. The quantitative estimate of drug-likeness (QED) is 0.726. The van der Waals surface area contributed by atoms with Gasteiger partial charge in [-0.3, -0.25) is 24.1 Å². The van der Waals surface area contributed by atoms with Crippen molar-refractivity contribution in [1.82, 2.24) is 9.80 Å². The SMILES string of the molecule is Cc1cc(C)c(NC(=O)CN(C)C(=O)CCN2C(=O)C3CCCCC3C2=O)c(C)c1. The van der Waals surface area contributed by atoms with Crippen molar-refractivity contribution in [3.05, 3.63) is 28.8 Å². The van der Waals surface area contributed by atoms with E-state index in [1.165, 1.54) is 9.80 Å². The summed E-state index contributed by atoms with van der Waals surface area (Å²) in [6, 6.07) is 4.00. The first-order chi connectivity index (χ1) is 14.2. The lowest BCUT2D eigenvalue weighted by atomic mass is 9.81. The molecule has 2 atom stereocenters. The maximum atomic E-state index is 12.5. The maximum Gasteiger partial charge on any atom is 0.243 e. The molecule has 162 valence electrons. The molecule has 1 aliphatic carbocycles. The largest absolute Gasteiger partial charge is 0.336 e. The van der Waals surface area contributed by atoms with Crippen LogP contribution < -0.4 is 5.32 Å². The van der Waals surface area contributed by atoms with E-state index in [1.807, 2.05) is 32.9 Å². The van der Waals surface area contributed by atoms with E-state index in [0.717, 1.165) is 48.1 Å². The van der Waals surface area contributed by atoms with Gasteiger partial charge in [-0.1, -0.05) is 30.5 Å². The Bertz CT molecular complexity index is 832. The second kappa shape index (κ2) is 8.98. The van der Waals surface area contributed by atoms with Crippen LogP contribution in [0.4, 0.5) is 5.69 Å². The minimum absolute atomic E-state index is 0.0310. The highest BCUT2D eigenvalue weighted by Gasteiger charge is 2.47. The molecule has 1 heterocycles. The molecule has 2 fully saturated rings. The number of aryl methyl sites for hydroxylation is 3. The summed E-state index contributed by atoms with van der Waals surface area (Å²) in [7, 11) is 1.56. The van der Waals surface area contributed by atoms with Gasteiger partial charge in [-0.15, -0.1) is 0 Å². The summed E-state index contributed by atoms with van der Waals surface area (Å²) in [6.07, 6.45) is 3.51. The van der Waals surface area contributed by atoms with Crippen LogP contribution in [0.3, 0.4) is 0 Å². The Hall–Kier alpha value is -2.70. The number of nitrogens with zero attached hydrogens (tertiary/aromatic N) is 2. The van der Waals surface area contributed by atoms with Crippen molar-refractivity contribution in [3.8, 4) is 0 Å². The van der Waals surface area contributed by atoms with Crippen LogP contribution in [0, 0.1) is 32.6 Å². The number of carbonyl (C=O) groups excluding carboxylic acids is 4. The van der Waals surface area contributed by atoms with Gasteiger partial charge in [0.1, 0.15) is 0 Å². The summed E-state index contributed by atoms with van der Waals surface area (Å²) in [4.78, 5) is 52.5. The first-order valence-electron chi connectivity index (χ1n) is 10.7. The van der Waals surface area contributed by atoms with Crippen molar-refractivity contribution < 1.29 is 19.2 Å². The van der Waals surface area contributed by atoms with Crippen LogP contribution in [0.2, 0.25) is 0 Å². The monoisotopic (exact) mass is 413 g/mol. The highest BCUT2D eigenvalue weighted by molar-refractivity contribution is 6.05. The summed E-state index contributed by atoms with van der Waals surface area (Å²) in [5, 5.41) is 2.89. The standard InChI is InChI=1S/C23H31N3O4/c1-14-11-15(2)21(16(3)12-14)24-19(27)13-25(4)20(28)9-10-26-22(29)17-7-5-6-8-18(17)23(26)30/h11-12,17-18H,5-10,13H2,1-4H3,(H,24,27). The lowest BCUT2D eigenvalue weighted by Crippen LogP contribution is -2.38. The number of fused-ring (bicyclic) bond motifs is 1. The van der Waals surface area contributed by atoms with Gasteiger partial charge in [-0.05, 0) is 44.7 Å². The van der Waals surface area contributed by atoms with Crippen LogP contribution in [-0.4, -0.2) is 53.6 Å². The Balaban J connectivity index is 1.52. The molecule has 1 saturated heterocycles. The lowest BCUT2D eigenvalue weighted by Gasteiger charge is -2.20. The minimum atomic E-state index is -0.278. The van der Waals surface area contributed by atoms with Gasteiger partial charge >= 0.3 is 0 Å². The average Bonchev–Trinajstić information content (AvgIpc) is 2.93. The predicted octanol–water partition coefficient (Wildman–Crippen LogP) is 2.57. The molecule has 0 radical (unpaired) electrons. The Morgan fingerprint density at radius 3 is 2.10 bits per heavy atom. The molecule has 0 aromatic heterocycles. The molecule has 0 bridgehead atoms. The van der Waals surface area contributed by atoms with Crippen LogP contribution in [-0.2, 0) is 19.2 Å². The highest BCUT2D eigenvalue weighted by atomic mass is 16.2. The summed E-state index contributed by atoms with van der Waals surface area (Å²) >= 11 is 0. The maximum absolute atomic E-state index is 12.5. The number of imide groups is 1. The number of likely N-dealkylation sites (tertiary alicyclic amines) is 1. The normalized spacial score (nSPS) is 20.9. The van der Waals surface area contributed by atoms with E-state index in [0.29, 0.717) is 0 Å². The lowest BCUT2D eigenvalue weighted by molar-refractivity contribution is -0.141. The van der Waals surface area contributed by atoms with Crippen molar-refractivity contribution in [2.45, 2.75) is 52.9 Å². The smallest absolute Gasteiger partial charge is 0.243 e. The van der Waals surface area contributed by atoms with E-state index in [4.69, 9.17) is 0 Å². The molecule has 2 unspecified atom stereocenters. The Morgan fingerprint density at radius 1 is 1.03 bits per heavy atom. The molecular formula is C23H31N3O4. The van der Waals surface area contributed by atoms with E-state index in [9.17, 15) is 19.2 Å². The number of nitrogens with one attached hydrogen (secondary N) is 1. The first-order valence-corrected chi connectivity index (χ1v) is 10.7. The number of hydrogen-bond donors (Lipinski definition) is 1. The average molecular weight is 414 g/mol. The molecule has 4 amide bonds. The summed E-state index contributed by atoms with van der Waals surface area (Å²) in [6.45, 7) is 5.88.